The molecule has 0 spiro atoms. The maximum absolute atomic E-state index is 10.9. The first-order chi connectivity index (χ1) is 5.87. The molecular weight excluding hydrogens is 168 g/mol. The lowest BCUT2D eigenvalue weighted by Crippen LogP contribution is -2.34. The standard InChI is InChI=1S/C9H20N2O2/c1-9(2,11)6-4-5-7(10)8(12)13-3/h7H,4-6,10-11H2,1-3H3. The molecule has 1 unspecified atom stereocenters. The second kappa shape index (κ2) is 5.19. The zero-order valence-corrected chi connectivity index (χ0v) is 8.67. The zero-order chi connectivity index (χ0) is 10.5. The molecule has 0 amide bonds. The van der Waals surface area contributed by atoms with Crippen LogP contribution in [0.4, 0.5) is 0 Å². The van der Waals surface area contributed by atoms with Crippen LogP contribution in [0.3, 0.4) is 0 Å². The van der Waals surface area contributed by atoms with Crippen LogP contribution < -0.4 is 11.5 Å². The number of methoxy groups -OCH3 is 1. The van der Waals surface area contributed by atoms with Crippen molar-refractivity contribution < 1.29 is 9.53 Å². The minimum atomic E-state index is -0.507. The van der Waals surface area contributed by atoms with Crippen molar-refractivity contribution >= 4 is 5.97 Å². The molecule has 1 atom stereocenters. The fourth-order valence-corrected chi connectivity index (χ4v) is 1.05. The van der Waals surface area contributed by atoms with Crippen molar-refractivity contribution in [1.29, 1.82) is 0 Å². The van der Waals surface area contributed by atoms with Gasteiger partial charge in [0.05, 0.1) is 7.11 Å². The normalized spacial score (nSPS) is 13.9. The Hall–Kier alpha value is -0.610. The summed E-state index contributed by atoms with van der Waals surface area (Å²) in [4.78, 5) is 10.9. The third-order valence-electron chi connectivity index (χ3n) is 1.84. The van der Waals surface area contributed by atoms with Crippen LogP contribution in [0.15, 0.2) is 0 Å². The Balaban J connectivity index is 3.59. The van der Waals surface area contributed by atoms with Crippen LogP contribution in [-0.4, -0.2) is 24.7 Å². The minimum absolute atomic E-state index is 0.185. The van der Waals surface area contributed by atoms with Gasteiger partial charge >= 0.3 is 5.97 Å². The van der Waals surface area contributed by atoms with E-state index >= 15 is 0 Å². The van der Waals surface area contributed by atoms with E-state index in [0.717, 1.165) is 12.8 Å². The number of hydrogen-bond acceptors (Lipinski definition) is 4. The van der Waals surface area contributed by atoms with Crippen molar-refractivity contribution in [2.75, 3.05) is 7.11 Å². The maximum Gasteiger partial charge on any atom is 0.322 e. The molecule has 0 fully saturated rings. The van der Waals surface area contributed by atoms with Crippen LogP contribution in [0.2, 0.25) is 0 Å². The summed E-state index contributed by atoms with van der Waals surface area (Å²) in [6.45, 7) is 3.91. The maximum atomic E-state index is 10.9. The molecule has 4 N–H and O–H groups in total. The van der Waals surface area contributed by atoms with Crippen molar-refractivity contribution in [1.82, 2.24) is 0 Å². The Kier molecular flexibility index (Phi) is 4.95. The quantitative estimate of drug-likeness (QED) is 0.612. The van der Waals surface area contributed by atoms with Gasteiger partial charge in [-0.3, -0.25) is 4.79 Å². The van der Waals surface area contributed by atoms with Gasteiger partial charge in [-0.05, 0) is 33.1 Å². The fourth-order valence-electron chi connectivity index (χ4n) is 1.05. The lowest BCUT2D eigenvalue weighted by Gasteiger charge is -2.18. The highest BCUT2D eigenvalue weighted by Crippen LogP contribution is 2.10. The fraction of sp³-hybridized carbons (Fsp3) is 0.889. The first-order valence-electron chi connectivity index (χ1n) is 4.49. The lowest BCUT2D eigenvalue weighted by molar-refractivity contribution is -0.142. The van der Waals surface area contributed by atoms with Crippen LogP contribution >= 0.6 is 0 Å². The summed E-state index contributed by atoms with van der Waals surface area (Å²) in [7, 11) is 1.34. The molecule has 4 nitrogen and oxygen atoms in total. The second-order valence-electron chi connectivity index (χ2n) is 4.01. The highest BCUT2D eigenvalue weighted by molar-refractivity contribution is 5.75. The van der Waals surface area contributed by atoms with Crippen molar-refractivity contribution in [3.8, 4) is 0 Å². The number of rotatable bonds is 5. The Labute approximate surface area is 79.6 Å². The Morgan fingerprint density at radius 3 is 2.46 bits per heavy atom. The third-order valence-corrected chi connectivity index (χ3v) is 1.84. The predicted octanol–water partition coefficient (Wildman–Crippen LogP) is 0.394. The van der Waals surface area contributed by atoms with E-state index in [2.05, 4.69) is 4.74 Å². The number of carbonyl (C=O) groups excluding carboxylic acids is 1. The predicted molar refractivity (Wildman–Crippen MR) is 52.1 cm³/mol. The number of ether oxygens (including phenoxy) is 1. The van der Waals surface area contributed by atoms with Crippen LogP contribution in [0.1, 0.15) is 33.1 Å². The van der Waals surface area contributed by atoms with E-state index < -0.39 is 6.04 Å². The van der Waals surface area contributed by atoms with E-state index in [9.17, 15) is 4.79 Å². The summed E-state index contributed by atoms with van der Waals surface area (Å²) in [5.41, 5.74) is 11.1. The molecule has 0 saturated carbocycles. The van der Waals surface area contributed by atoms with E-state index in [-0.39, 0.29) is 11.5 Å². The highest BCUT2D eigenvalue weighted by Gasteiger charge is 2.15. The molecule has 0 aliphatic carbocycles. The highest BCUT2D eigenvalue weighted by atomic mass is 16.5. The molecule has 0 aromatic rings. The minimum Gasteiger partial charge on any atom is -0.468 e. The monoisotopic (exact) mass is 188 g/mol. The molecule has 0 bridgehead atoms. The molecule has 0 aromatic heterocycles. The zero-order valence-electron chi connectivity index (χ0n) is 8.67. The van der Waals surface area contributed by atoms with Gasteiger partial charge in [0.25, 0.3) is 0 Å². The van der Waals surface area contributed by atoms with Gasteiger partial charge in [0.15, 0.2) is 0 Å². The molecule has 78 valence electrons. The average molecular weight is 188 g/mol. The summed E-state index contributed by atoms with van der Waals surface area (Å²) in [6.07, 6.45) is 2.34. The van der Waals surface area contributed by atoms with Gasteiger partial charge < -0.3 is 16.2 Å². The van der Waals surface area contributed by atoms with Gasteiger partial charge in [-0.15, -0.1) is 0 Å². The molecule has 0 heterocycles. The summed E-state index contributed by atoms with van der Waals surface area (Å²) >= 11 is 0. The smallest absolute Gasteiger partial charge is 0.322 e. The van der Waals surface area contributed by atoms with Crippen LogP contribution in [0, 0.1) is 0 Å². The summed E-state index contributed by atoms with van der Waals surface area (Å²) < 4.78 is 4.50. The van der Waals surface area contributed by atoms with Crippen LogP contribution in [0.5, 0.6) is 0 Å². The first kappa shape index (κ1) is 12.4. The molecule has 0 radical (unpaired) electrons. The number of carbonyl (C=O) groups is 1. The van der Waals surface area contributed by atoms with Crippen molar-refractivity contribution in [2.45, 2.75) is 44.7 Å². The van der Waals surface area contributed by atoms with Gasteiger partial charge in [0.1, 0.15) is 6.04 Å². The van der Waals surface area contributed by atoms with Gasteiger partial charge in [-0.2, -0.15) is 0 Å². The molecule has 4 heteroatoms. The van der Waals surface area contributed by atoms with Crippen LogP contribution in [-0.2, 0) is 9.53 Å². The molecule has 0 aliphatic rings. The Morgan fingerprint density at radius 1 is 1.54 bits per heavy atom. The molecular formula is C9H20N2O2. The topological polar surface area (TPSA) is 78.3 Å². The summed E-state index contributed by atoms with van der Waals surface area (Å²) in [6, 6.07) is -0.507. The van der Waals surface area contributed by atoms with Gasteiger partial charge in [0.2, 0.25) is 0 Å². The molecule has 0 rings (SSSR count). The molecule has 0 aliphatic heterocycles. The first-order valence-corrected chi connectivity index (χ1v) is 4.49. The van der Waals surface area contributed by atoms with E-state index in [0.29, 0.717) is 6.42 Å². The molecule has 13 heavy (non-hydrogen) atoms. The van der Waals surface area contributed by atoms with Crippen molar-refractivity contribution in [2.24, 2.45) is 11.5 Å². The van der Waals surface area contributed by atoms with E-state index in [1.54, 1.807) is 0 Å². The summed E-state index contributed by atoms with van der Waals surface area (Å²) in [5.74, 6) is -0.352. The van der Waals surface area contributed by atoms with Crippen molar-refractivity contribution in [3.05, 3.63) is 0 Å². The molecule has 0 aromatic carbocycles. The van der Waals surface area contributed by atoms with Crippen molar-refractivity contribution in [3.63, 3.8) is 0 Å². The second-order valence-corrected chi connectivity index (χ2v) is 4.01. The summed E-state index contributed by atoms with van der Waals surface area (Å²) in [5, 5.41) is 0. The Morgan fingerprint density at radius 2 is 2.08 bits per heavy atom. The van der Waals surface area contributed by atoms with E-state index in [1.807, 2.05) is 13.8 Å². The number of hydrogen-bond donors (Lipinski definition) is 2. The van der Waals surface area contributed by atoms with E-state index in [4.69, 9.17) is 11.5 Å². The number of esters is 1. The average Bonchev–Trinajstić information content (AvgIpc) is 2.00. The van der Waals surface area contributed by atoms with Gasteiger partial charge in [-0.25, -0.2) is 0 Å². The SMILES string of the molecule is COC(=O)C(N)CCCC(C)(C)N. The molecule has 0 saturated heterocycles. The Bertz CT molecular complexity index is 163. The largest absolute Gasteiger partial charge is 0.468 e. The van der Waals surface area contributed by atoms with Gasteiger partial charge in [0, 0.05) is 5.54 Å². The lowest BCUT2D eigenvalue weighted by atomic mass is 9.97. The number of nitrogens with two attached hydrogens (primary N) is 2. The third kappa shape index (κ3) is 6.54. The van der Waals surface area contributed by atoms with Gasteiger partial charge in [-0.1, -0.05) is 0 Å². The van der Waals surface area contributed by atoms with Crippen LogP contribution in [0.25, 0.3) is 0 Å². The van der Waals surface area contributed by atoms with E-state index in [1.165, 1.54) is 7.11 Å².